The van der Waals surface area contributed by atoms with Crippen molar-refractivity contribution < 1.29 is 0 Å². The standard InChI is InChI=1S/C19H23ClS/c1-10-11(2)13(4)18(14(5)12(10)3)19(20)17-9-15-7-6-8-16(15)21-17/h9,19H,6-8H2,1-5H3. The molecular weight excluding hydrogens is 296 g/mol. The van der Waals surface area contributed by atoms with E-state index < -0.39 is 0 Å². The van der Waals surface area contributed by atoms with E-state index in [1.165, 1.54) is 63.1 Å². The summed E-state index contributed by atoms with van der Waals surface area (Å²) in [5, 5.41) is -0.00130. The smallest absolute Gasteiger partial charge is 0.0933 e. The van der Waals surface area contributed by atoms with E-state index in [-0.39, 0.29) is 5.38 Å². The molecule has 1 aromatic carbocycles. The molecule has 1 heterocycles. The highest BCUT2D eigenvalue weighted by atomic mass is 35.5. The van der Waals surface area contributed by atoms with E-state index in [4.69, 9.17) is 11.6 Å². The zero-order chi connectivity index (χ0) is 15.3. The van der Waals surface area contributed by atoms with E-state index in [0.29, 0.717) is 0 Å². The summed E-state index contributed by atoms with van der Waals surface area (Å²) in [6, 6.07) is 2.36. The zero-order valence-electron chi connectivity index (χ0n) is 13.6. The third-order valence-electron chi connectivity index (χ3n) is 5.33. The number of alkyl halides is 1. The molecule has 0 saturated heterocycles. The van der Waals surface area contributed by atoms with Crippen molar-refractivity contribution in [1.82, 2.24) is 0 Å². The Morgan fingerprint density at radius 2 is 1.48 bits per heavy atom. The molecule has 112 valence electrons. The SMILES string of the molecule is Cc1c(C)c(C)c(C(Cl)c2cc3c(s2)CCC3)c(C)c1C. The summed E-state index contributed by atoms with van der Waals surface area (Å²) in [4.78, 5) is 2.89. The summed E-state index contributed by atoms with van der Waals surface area (Å²) in [7, 11) is 0. The molecule has 0 N–H and O–H groups in total. The molecule has 2 aromatic rings. The van der Waals surface area contributed by atoms with Crippen LogP contribution < -0.4 is 0 Å². The van der Waals surface area contributed by atoms with Gasteiger partial charge in [0, 0.05) is 9.75 Å². The van der Waals surface area contributed by atoms with Crippen molar-refractivity contribution in [2.45, 2.75) is 59.3 Å². The number of hydrogen-bond donors (Lipinski definition) is 0. The Balaban J connectivity index is 2.11. The molecule has 21 heavy (non-hydrogen) atoms. The topological polar surface area (TPSA) is 0 Å². The molecule has 3 rings (SSSR count). The first-order valence-corrected chi connectivity index (χ1v) is 8.99. The van der Waals surface area contributed by atoms with Gasteiger partial charge >= 0.3 is 0 Å². The van der Waals surface area contributed by atoms with Crippen LogP contribution in [0.5, 0.6) is 0 Å². The van der Waals surface area contributed by atoms with Crippen LogP contribution in [0.3, 0.4) is 0 Å². The van der Waals surface area contributed by atoms with Crippen molar-refractivity contribution in [1.29, 1.82) is 0 Å². The van der Waals surface area contributed by atoms with Gasteiger partial charge in [0.25, 0.3) is 0 Å². The zero-order valence-corrected chi connectivity index (χ0v) is 15.1. The second-order valence-corrected chi connectivity index (χ2v) is 7.96. The summed E-state index contributed by atoms with van der Waals surface area (Å²) in [6.45, 7) is 11.1. The maximum absolute atomic E-state index is 6.92. The van der Waals surface area contributed by atoms with Crippen molar-refractivity contribution >= 4 is 22.9 Å². The van der Waals surface area contributed by atoms with Gasteiger partial charge in [-0.25, -0.2) is 0 Å². The number of rotatable bonds is 2. The molecule has 0 radical (unpaired) electrons. The maximum Gasteiger partial charge on any atom is 0.0933 e. The van der Waals surface area contributed by atoms with Crippen LogP contribution in [0.2, 0.25) is 0 Å². The molecule has 0 fully saturated rings. The minimum absolute atomic E-state index is 0.00130. The van der Waals surface area contributed by atoms with Crippen molar-refractivity contribution in [3.8, 4) is 0 Å². The van der Waals surface area contributed by atoms with Gasteiger partial charge in [-0.1, -0.05) is 0 Å². The molecule has 1 atom stereocenters. The molecular formula is C19H23ClS. The Hall–Kier alpha value is -0.790. The van der Waals surface area contributed by atoms with Gasteiger partial charge < -0.3 is 0 Å². The average molecular weight is 319 g/mol. The lowest BCUT2D eigenvalue weighted by molar-refractivity contribution is 0.913. The Morgan fingerprint density at radius 1 is 0.905 bits per heavy atom. The lowest BCUT2D eigenvalue weighted by atomic mass is 9.87. The molecule has 0 spiro atoms. The fourth-order valence-corrected chi connectivity index (χ4v) is 5.30. The lowest BCUT2D eigenvalue weighted by Crippen LogP contribution is -2.05. The summed E-state index contributed by atoms with van der Waals surface area (Å²) in [6.07, 6.45) is 3.79. The van der Waals surface area contributed by atoms with E-state index in [1.807, 2.05) is 11.3 Å². The molecule has 1 unspecified atom stereocenters. The minimum Gasteiger partial charge on any atom is -0.143 e. The molecule has 1 aliphatic rings. The van der Waals surface area contributed by atoms with Crippen LogP contribution in [-0.4, -0.2) is 0 Å². The van der Waals surface area contributed by atoms with E-state index in [1.54, 1.807) is 4.88 Å². The number of thiophene rings is 1. The molecule has 0 aliphatic heterocycles. The first-order valence-electron chi connectivity index (χ1n) is 7.74. The van der Waals surface area contributed by atoms with Gasteiger partial charge in [-0.15, -0.1) is 22.9 Å². The molecule has 0 bridgehead atoms. The first-order chi connectivity index (χ1) is 9.91. The Morgan fingerprint density at radius 3 is 2.05 bits per heavy atom. The van der Waals surface area contributed by atoms with Gasteiger partial charge in [-0.3, -0.25) is 0 Å². The first kappa shape index (κ1) is 15.1. The summed E-state index contributed by atoms with van der Waals surface area (Å²) in [5.74, 6) is 0. The third kappa shape index (κ3) is 2.35. The van der Waals surface area contributed by atoms with Gasteiger partial charge in [0.2, 0.25) is 0 Å². The molecule has 2 heteroatoms. The minimum atomic E-state index is -0.00130. The van der Waals surface area contributed by atoms with Crippen molar-refractivity contribution in [2.24, 2.45) is 0 Å². The van der Waals surface area contributed by atoms with Crippen molar-refractivity contribution in [2.75, 3.05) is 0 Å². The molecule has 0 saturated carbocycles. The molecule has 0 amide bonds. The quantitative estimate of drug-likeness (QED) is 0.586. The van der Waals surface area contributed by atoms with Gasteiger partial charge in [0.1, 0.15) is 0 Å². The molecule has 1 aromatic heterocycles. The fraction of sp³-hybridized carbons (Fsp3) is 0.474. The van der Waals surface area contributed by atoms with Crippen LogP contribution in [-0.2, 0) is 12.8 Å². The predicted octanol–water partition coefficient (Wildman–Crippen LogP) is 6.11. The highest BCUT2D eigenvalue weighted by Gasteiger charge is 2.24. The third-order valence-corrected chi connectivity index (χ3v) is 7.21. The molecule has 1 aliphatic carbocycles. The van der Waals surface area contributed by atoms with E-state index >= 15 is 0 Å². The molecule has 0 nitrogen and oxygen atoms in total. The van der Waals surface area contributed by atoms with Gasteiger partial charge in [-0.05, 0) is 98.9 Å². The summed E-state index contributed by atoms with van der Waals surface area (Å²) < 4.78 is 0. The summed E-state index contributed by atoms with van der Waals surface area (Å²) in [5.41, 5.74) is 9.79. The average Bonchev–Trinajstić information content (AvgIpc) is 3.04. The van der Waals surface area contributed by atoms with Crippen molar-refractivity contribution in [3.05, 3.63) is 54.8 Å². The van der Waals surface area contributed by atoms with Crippen LogP contribution in [0.1, 0.15) is 60.5 Å². The Labute approximate surface area is 137 Å². The van der Waals surface area contributed by atoms with Crippen LogP contribution in [0.15, 0.2) is 6.07 Å². The van der Waals surface area contributed by atoms with E-state index in [9.17, 15) is 0 Å². The predicted molar refractivity (Wildman–Crippen MR) is 94.2 cm³/mol. The lowest BCUT2D eigenvalue weighted by Gasteiger charge is -2.21. The van der Waals surface area contributed by atoms with E-state index in [0.717, 1.165) is 0 Å². The number of fused-ring (bicyclic) bond motifs is 1. The van der Waals surface area contributed by atoms with Gasteiger partial charge in [-0.2, -0.15) is 0 Å². The van der Waals surface area contributed by atoms with Crippen molar-refractivity contribution in [3.63, 3.8) is 0 Å². The number of hydrogen-bond acceptors (Lipinski definition) is 1. The summed E-state index contributed by atoms with van der Waals surface area (Å²) >= 11 is 8.84. The Kier molecular flexibility index (Phi) is 3.92. The largest absolute Gasteiger partial charge is 0.143 e. The van der Waals surface area contributed by atoms with Crippen LogP contribution >= 0.6 is 22.9 Å². The number of halogens is 1. The van der Waals surface area contributed by atoms with Crippen LogP contribution in [0, 0.1) is 34.6 Å². The fourth-order valence-electron chi connectivity index (χ4n) is 3.53. The van der Waals surface area contributed by atoms with Gasteiger partial charge in [0.05, 0.1) is 5.38 Å². The number of aryl methyl sites for hydroxylation is 2. The monoisotopic (exact) mass is 318 g/mol. The van der Waals surface area contributed by atoms with Crippen LogP contribution in [0.4, 0.5) is 0 Å². The van der Waals surface area contributed by atoms with Gasteiger partial charge in [0.15, 0.2) is 0 Å². The highest BCUT2D eigenvalue weighted by molar-refractivity contribution is 7.12. The highest BCUT2D eigenvalue weighted by Crippen LogP contribution is 2.42. The second kappa shape index (κ2) is 5.44. The number of benzene rings is 1. The van der Waals surface area contributed by atoms with E-state index in [2.05, 4.69) is 40.7 Å². The Bertz CT molecular complexity index is 658. The maximum atomic E-state index is 6.92. The van der Waals surface area contributed by atoms with Crippen LogP contribution in [0.25, 0.3) is 0 Å². The second-order valence-electron chi connectivity index (χ2n) is 6.35. The normalized spacial score (nSPS) is 15.3.